The van der Waals surface area contributed by atoms with Crippen molar-refractivity contribution in [1.82, 2.24) is 15.2 Å². The van der Waals surface area contributed by atoms with Gasteiger partial charge in [0.2, 0.25) is 11.8 Å². The molecule has 0 radical (unpaired) electrons. The summed E-state index contributed by atoms with van der Waals surface area (Å²) in [7, 11) is 0. The summed E-state index contributed by atoms with van der Waals surface area (Å²) >= 11 is 0. The molecule has 3 rings (SSSR count). The van der Waals surface area contributed by atoms with Crippen molar-refractivity contribution in [3.05, 3.63) is 57.9 Å². The Morgan fingerprint density at radius 1 is 1.12 bits per heavy atom. The molecule has 1 aromatic carbocycles. The van der Waals surface area contributed by atoms with Crippen LogP contribution >= 0.6 is 0 Å². The van der Waals surface area contributed by atoms with Crippen LogP contribution in [0.5, 0.6) is 0 Å². The number of ether oxygens (including phenoxy) is 1. The van der Waals surface area contributed by atoms with E-state index in [1.807, 2.05) is 30.9 Å². The summed E-state index contributed by atoms with van der Waals surface area (Å²) < 4.78 is 5.11. The van der Waals surface area contributed by atoms with Crippen LogP contribution < -0.4 is 5.32 Å². The van der Waals surface area contributed by atoms with Crippen molar-refractivity contribution in [3.63, 3.8) is 0 Å². The van der Waals surface area contributed by atoms with Crippen LogP contribution in [-0.4, -0.2) is 47.4 Å². The fourth-order valence-electron chi connectivity index (χ4n) is 4.61. The van der Waals surface area contributed by atoms with Crippen molar-refractivity contribution in [2.75, 3.05) is 19.7 Å². The second-order valence-electron chi connectivity index (χ2n) is 9.02. The number of benzene rings is 1. The van der Waals surface area contributed by atoms with Crippen LogP contribution in [0.15, 0.2) is 24.3 Å². The van der Waals surface area contributed by atoms with Gasteiger partial charge in [0, 0.05) is 31.7 Å². The Labute approximate surface area is 202 Å². The predicted octanol–water partition coefficient (Wildman–Crippen LogP) is 3.86. The van der Waals surface area contributed by atoms with Gasteiger partial charge in [-0.3, -0.25) is 9.59 Å². The number of aromatic amines is 1. The third kappa shape index (κ3) is 6.27. The fourth-order valence-corrected chi connectivity index (χ4v) is 4.61. The largest absolute Gasteiger partial charge is 0.461 e. The molecule has 184 valence electrons. The van der Waals surface area contributed by atoms with E-state index in [9.17, 15) is 14.4 Å². The van der Waals surface area contributed by atoms with Crippen LogP contribution in [-0.2, 0) is 33.7 Å². The lowest BCUT2D eigenvalue weighted by atomic mass is 9.96. The average molecular weight is 468 g/mol. The molecule has 0 saturated carbocycles. The van der Waals surface area contributed by atoms with Crippen LogP contribution in [0.3, 0.4) is 0 Å². The highest BCUT2D eigenvalue weighted by atomic mass is 16.5. The molecular weight excluding hydrogens is 430 g/mol. The Kier molecular flexibility index (Phi) is 8.91. The maximum Gasteiger partial charge on any atom is 0.355 e. The van der Waals surface area contributed by atoms with E-state index in [4.69, 9.17) is 4.74 Å². The van der Waals surface area contributed by atoms with E-state index < -0.39 is 0 Å². The van der Waals surface area contributed by atoms with Gasteiger partial charge >= 0.3 is 5.97 Å². The molecule has 0 unspecified atom stereocenters. The summed E-state index contributed by atoms with van der Waals surface area (Å²) in [4.78, 5) is 42.7. The van der Waals surface area contributed by atoms with E-state index in [0.717, 1.165) is 41.6 Å². The maximum absolute atomic E-state index is 12.9. The number of rotatable bonds is 9. The van der Waals surface area contributed by atoms with Gasteiger partial charge in [-0.05, 0) is 68.7 Å². The first-order valence-electron chi connectivity index (χ1n) is 12.3. The lowest BCUT2D eigenvalue weighted by molar-refractivity contribution is -0.135. The highest BCUT2D eigenvalue weighted by Crippen LogP contribution is 2.22. The molecule has 1 aromatic heterocycles. The van der Waals surface area contributed by atoms with Gasteiger partial charge in [-0.15, -0.1) is 0 Å². The SMILES string of the molecule is CCOC(=O)c1[nH]c(C)c(CCC(=O)N2CCC[C@H](C(=O)NCc3ccc(CC)cc3)C2)c1C. The number of hydrogen-bond donors (Lipinski definition) is 2. The van der Waals surface area contributed by atoms with E-state index in [1.54, 1.807) is 6.92 Å². The first-order valence-corrected chi connectivity index (χ1v) is 12.3. The molecule has 7 nitrogen and oxygen atoms in total. The first-order chi connectivity index (χ1) is 16.3. The minimum atomic E-state index is -0.369. The van der Waals surface area contributed by atoms with E-state index in [2.05, 4.69) is 29.4 Å². The maximum atomic E-state index is 12.9. The number of carbonyl (C=O) groups excluding carboxylic acids is 3. The smallest absolute Gasteiger partial charge is 0.355 e. The van der Waals surface area contributed by atoms with Crippen molar-refractivity contribution in [3.8, 4) is 0 Å². The van der Waals surface area contributed by atoms with Gasteiger partial charge in [0.1, 0.15) is 5.69 Å². The highest BCUT2D eigenvalue weighted by molar-refractivity contribution is 5.90. The van der Waals surface area contributed by atoms with E-state index in [-0.39, 0.29) is 23.7 Å². The van der Waals surface area contributed by atoms with Crippen molar-refractivity contribution in [1.29, 1.82) is 0 Å². The summed E-state index contributed by atoms with van der Waals surface area (Å²) in [6.45, 7) is 9.64. The molecule has 1 saturated heterocycles. The predicted molar refractivity (Wildman–Crippen MR) is 132 cm³/mol. The molecule has 34 heavy (non-hydrogen) atoms. The van der Waals surface area contributed by atoms with Gasteiger partial charge in [0.25, 0.3) is 0 Å². The van der Waals surface area contributed by atoms with Crippen LogP contribution in [0.1, 0.15) is 71.5 Å². The number of hydrogen-bond acceptors (Lipinski definition) is 4. The van der Waals surface area contributed by atoms with Crippen molar-refractivity contribution >= 4 is 17.8 Å². The zero-order valence-electron chi connectivity index (χ0n) is 20.8. The lowest BCUT2D eigenvalue weighted by Crippen LogP contribution is -2.45. The monoisotopic (exact) mass is 467 g/mol. The molecule has 2 heterocycles. The number of piperidine rings is 1. The number of amides is 2. The molecule has 0 aliphatic carbocycles. The third-order valence-electron chi connectivity index (χ3n) is 6.70. The Morgan fingerprint density at radius 2 is 1.82 bits per heavy atom. The van der Waals surface area contributed by atoms with Crippen molar-refractivity contribution in [2.24, 2.45) is 5.92 Å². The number of esters is 1. The van der Waals surface area contributed by atoms with Gasteiger partial charge < -0.3 is 19.9 Å². The number of H-pyrrole nitrogens is 1. The molecule has 2 N–H and O–H groups in total. The Hall–Kier alpha value is -3.09. The minimum absolute atomic E-state index is 0.00784. The lowest BCUT2D eigenvalue weighted by Gasteiger charge is -2.32. The molecule has 2 aromatic rings. The van der Waals surface area contributed by atoms with Crippen LogP contribution in [0.4, 0.5) is 0 Å². The second-order valence-corrected chi connectivity index (χ2v) is 9.02. The number of likely N-dealkylation sites (tertiary alicyclic amines) is 1. The molecular formula is C27H37N3O4. The van der Waals surface area contributed by atoms with Gasteiger partial charge in [-0.25, -0.2) is 4.79 Å². The van der Waals surface area contributed by atoms with Crippen molar-refractivity contribution in [2.45, 2.75) is 66.3 Å². The van der Waals surface area contributed by atoms with Crippen molar-refractivity contribution < 1.29 is 19.1 Å². The fraction of sp³-hybridized carbons (Fsp3) is 0.519. The normalized spacial score (nSPS) is 15.8. The van der Waals surface area contributed by atoms with Crippen LogP contribution in [0.25, 0.3) is 0 Å². The Balaban J connectivity index is 1.52. The molecule has 1 fully saturated rings. The molecule has 0 bridgehead atoms. The highest BCUT2D eigenvalue weighted by Gasteiger charge is 2.28. The zero-order chi connectivity index (χ0) is 24.7. The molecule has 0 spiro atoms. The van der Waals surface area contributed by atoms with Gasteiger partial charge in [0.15, 0.2) is 0 Å². The topological polar surface area (TPSA) is 91.5 Å². The molecule has 1 aliphatic rings. The quantitative estimate of drug-likeness (QED) is 0.548. The Bertz CT molecular complexity index is 1010. The van der Waals surface area contributed by atoms with Gasteiger partial charge in [-0.2, -0.15) is 0 Å². The van der Waals surface area contributed by atoms with Crippen LogP contribution in [0, 0.1) is 19.8 Å². The third-order valence-corrected chi connectivity index (χ3v) is 6.70. The van der Waals surface area contributed by atoms with E-state index in [0.29, 0.717) is 44.8 Å². The summed E-state index contributed by atoms with van der Waals surface area (Å²) in [5, 5.41) is 3.04. The Morgan fingerprint density at radius 3 is 2.50 bits per heavy atom. The molecule has 7 heteroatoms. The number of carbonyl (C=O) groups is 3. The summed E-state index contributed by atoms with van der Waals surface area (Å²) in [5.41, 5.74) is 5.52. The van der Waals surface area contributed by atoms with E-state index >= 15 is 0 Å². The summed E-state index contributed by atoms with van der Waals surface area (Å²) in [5.74, 6) is -0.496. The minimum Gasteiger partial charge on any atom is -0.461 e. The average Bonchev–Trinajstić information content (AvgIpc) is 3.14. The molecule has 2 amide bonds. The molecule has 1 aliphatic heterocycles. The zero-order valence-corrected chi connectivity index (χ0v) is 20.8. The van der Waals surface area contributed by atoms with Gasteiger partial charge in [-0.1, -0.05) is 31.2 Å². The van der Waals surface area contributed by atoms with Crippen LogP contribution in [0.2, 0.25) is 0 Å². The van der Waals surface area contributed by atoms with E-state index in [1.165, 1.54) is 5.56 Å². The van der Waals surface area contributed by atoms with Gasteiger partial charge in [0.05, 0.1) is 12.5 Å². The standard InChI is InChI=1S/C27H37N3O4/c1-5-20-9-11-21(12-10-20)16-28-26(32)22-8-7-15-30(17-22)24(31)14-13-23-18(3)25(29-19(23)4)27(33)34-6-2/h9-12,22,29H,5-8,13-17H2,1-4H3,(H,28,32)/t22-/m0/s1. The number of aryl methyl sites for hydroxylation is 2. The summed E-state index contributed by atoms with van der Waals surface area (Å²) in [6.07, 6.45) is 3.51. The summed E-state index contributed by atoms with van der Waals surface area (Å²) in [6, 6.07) is 8.28. The number of aromatic nitrogens is 1. The molecule has 1 atom stereocenters. The first kappa shape index (κ1) is 25.5. The number of nitrogens with zero attached hydrogens (tertiary/aromatic N) is 1. The number of nitrogens with one attached hydrogen (secondary N) is 2. The second kappa shape index (κ2) is 11.9.